The number of guanidine groups is 1. The number of aryl methyl sites for hydroxylation is 1. The molecule has 124 valence electrons. The lowest BCUT2D eigenvalue weighted by Crippen LogP contribution is -2.23. The van der Waals surface area contributed by atoms with Crippen molar-refractivity contribution in [3.05, 3.63) is 45.9 Å². The van der Waals surface area contributed by atoms with Crippen LogP contribution >= 0.6 is 11.3 Å². The minimum atomic E-state index is 0.100. The number of nitrogens with one attached hydrogen (secondary N) is 1. The van der Waals surface area contributed by atoms with Gasteiger partial charge in [0.1, 0.15) is 0 Å². The zero-order valence-electron chi connectivity index (χ0n) is 14.4. The van der Waals surface area contributed by atoms with Gasteiger partial charge in [-0.2, -0.15) is 0 Å². The molecule has 2 aromatic rings. The van der Waals surface area contributed by atoms with Crippen LogP contribution in [0.15, 0.2) is 34.6 Å². The topological polar surface area (TPSA) is 63.3 Å². The van der Waals surface area contributed by atoms with Crippen LogP contribution in [-0.4, -0.2) is 17.5 Å². The van der Waals surface area contributed by atoms with E-state index in [1.165, 1.54) is 5.56 Å². The first kappa shape index (κ1) is 17.5. The van der Waals surface area contributed by atoms with Gasteiger partial charge in [0.15, 0.2) is 5.96 Å². The number of aromatic nitrogens is 1. The molecular weight excluding hydrogens is 304 g/mol. The van der Waals surface area contributed by atoms with E-state index in [4.69, 9.17) is 5.73 Å². The first-order valence-electron chi connectivity index (χ1n) is 7.99. The van der Waals surface area contributed by atoms with E-state index in [9.17, 15) is 0 Å². The summed E-state index contributed by atoms with van der Waals surface area (Å²) in [6.45, 7) is 9.31. The second kappa shape index (κ2) is 7.59. The molecule has 3 N–H and O–H groups in total. The first-order chi connectivity index (χ1) is 10.9. The van der Waals surface area contributed by atoms with Gasteiger partial charge in [-0.1, -0.05) is 39.8 Å². The maximum Gasteiger partial charge on any atom is 0.193 e. The van der Waals surface area contributed by atoms with Crippen LogP contribution in [0.3, 0.4) is 0 Å². The summed E-state index contributed by atoms with van der Waals surface area (Å²) in [4.78, 5) is 9.05. The molecule has 0 aliphatic rings. The van der Waals surface area contributed by atoms with Crippen molar-refractivity contribution in [1.82, 2.24) is 4.98 Å². The van der Waals surface area contributed by atoms with E-state index in [1.54, 1.807) is 11.3 Å². The monoisotopic (exact) mass is 330 g/mol. The molecule has 0 bridgehead atoms. The molecule has 0 radical (unpaired) electrons. The third-order valence-corrected chi connectivity index (χ3v) is 4.47. The van der Waals surface area contributed by atoms with Crippen LogP contribution in [0.25, 0.3) is 0 Å². The molecule has 0 spiro atoms. The van der Waals surface area contributed by atoms with Gasteiger partial charge in [0.25, 0.3) is 0 Å². The Kier molecular flexibility index (Phi) is 5.77. The van der Waals surface area contributed by atoms with Gasteiger partial charge in [-0.3, -0.25) is 4.99 Å². The molecule has 0 saturated heterocycles. The van der Waals surface area contributed by atoms with Crippen LogP contribution in [0.2, 0.25) is 0 Å². The van der Waals surface area contributed by atoms with E-state index in [2.05, 4.69) is 60.5 Å². The van der Waals surface area contributed by atoms with Crippen molar-refractivity contribution < 1.29 is 0 Å². The summed E-state index contributed by atoms with van der Waals surface area (Å²) in [7, 11) is 0. The predicted molar refractivity (Wildman–Crippen MR) is 100 cm³/mol. The number of nitrogens with two attached hydrogens (primary N) is 1. The number of nitrogens with zero attached hydrogens (tertiary/aromatic N) is 2. The van der Waals surface area contributed by atoms with Gasteiger partial charge < -0.3 is 11.1 Å². The molecule has 0 aliphatic carbocycles. The summed E-state index contributed by atoms with van der Waals surface area (Å²) in [5.74, 6) is 0.446. The number of hydrogen-bond acceptors (Lipinski definition) is 3. The highest BCUT2D eigenvalue weighted by molar-refractivity contribution is 7.09. The summed E-state index contributed by atoms with van der Waals surface area (Å²) >= 11 is 1.69. The van der Waals surface area contributed by atoms with Crippen LogP contribution in [0, 0.1) is 0 Å². The highest BCUT2D eigenvalue weighted by atomic mass is 32.1. The summed E-state index contributed by atoms with van der Waals surface area (Å²) in [5, 5.41) is 6.36. The Hall–Kier alpha value is -1.88. The van der Waals surface area contributed by atoms with Crippen molar-refractivity contribution in [3.8, 4) is 0 Å². The Labute approximate surface area is 142 Å². The summed E-state index contributed by atoms with van der Waals surface area (Å²) < 4.78 is 0. The second-order valence-corrected chi connectivity index (χ2v) is 7.51. The van der Waals surface area contributed by atoms with Crippen molar-refractivity contribution in [3.63, 3.8) is 0 Å². The second-order valence-electron chi connectivity index (χ2n) is 6.57. The van der Waals surface area contributed by atoms with E-state index in [-0.39, 0.29) is 5.41 Å². The van der Waals surface area contributed by atoms with E-state index >= 15 is 0 Å². The number of rotatable bonds is 5. The van der Waals surface area contributed by atoms with Crippen LogP contribution in [0.5, 0.6) is 0 Å². The lowest BCUT2D eigenvalue weighted by Gasteiger charge is -2.14. The molecule has 0 aliphatic heterocycles. The molecule has 0 atom stereocenters. The molecule has 2 rings (SSSR count). The third kappa shape index (κ3) is 5.36. The molecular formula is C18H26N4S. The van der Waals surface area contributed by atoms with Gasteiger partial charge in [0.2, 0.25) is 0 Å². The maximum absolute atomic E-state index is 5.94. The molecule has 0 fully saturated rings. The van der Waals surface area contributed by atoms with Crippen molar-refractivity contribution in [2.45, 2.75) is 46.0 Å². The Bertz CT molecular complexity index is 650. The van der Waals surface area contributed by atoms with Gasteiger partial charge >= 0.3 is 0 Å². The van der Waals surface area contributed by atoms with Gasteiger partial charge in [0.05, 0.1) is 10.7 Å². The van der Waals surface area contributed by atoms with E-state index < -0.39 is 0 Å². The van der Waals surface area contributed by atoms with Crippen molar-refractivity contribution in [2.24, 2.45) is 10.7 Å². The SMILES string of the molecule is CCc1ccc(NC(N)=NCCc2nc(C(C)(C)C)cs2)cc1. The summed E-state index contributed by atoms with van der Waals surface area (Å²) in [5.41, 5.74) is 9.45. The quantitative estimate of drug-likeness (QED) is 0.644. The molecule has 0 unspecified atom stereocenters. The lowest BCUT2D eigenvalue weighted by atomic mass is 9.93. The number of hydrogen-bond donors (Lipinski definition) is 2. The summed E-state index contributed by atoms with van der Waals surface area (Å²) in [6, 6.07) is 8.24. The fourth-order valence-corrected chi connectivity index (χ4v) is 3.07. The third-order valence-electron chi connectivity index (χ3n) is 3.56. The number of aliphatic imine (C=N–C) groups is 1. The average molecular weight is 331 g/mol. The molecule has 4 nitrogen and oxygen atoms in total. The highest BCUT2D eigenvalue weighted by Gasteiger charge is 2.17. The normalized spacial score (nSPS) is 12.4. The van der Waals surface area contributed by atoms with Gasteiger partial charge in [0, 0.05) is 29.4 Å². The molecule has 1 aromatic heterocycles. The Morgan fingerprint density at radius 3 is 2.52 bits per heavy atom. The Balaban J connectivity index is 1.85. The fourth-order valence-electron chi connectivity index (χ4n) is 2.05. The number of anilines is 1. The van der Waals surface area contributed by atoms with Gasteiger partial charge in [-0.25, -0.2) is 4.98 Å². The van der Waals surface area contributed by atoms with E-state index in [0.29, 0.717) is 12.5 Å². The lowest BCUT2D eigenvalue weighted by molar-refractivity contribution is 0.571. The molecule has 1 heterocycles. The molecule has 1 aromatic carbocycles. The van der Waals surface area contributed by atoms with E-state index in [0.717, 1.165) is 29.2 Å². The predicted octanol–water partition coefficient (Wildman–Crippen LogP) is 3.97. The first-order valence-corrected chi connectivity index (χ1v) is 8.87. The molecule has 5 heteroatoms. The smallest absolute Gasteiger partial charge is 0.193 e. The van der Waals surface area contributed by atoms with Crippen LogP contribution < -0.4 is 11.1 Å². The number of thiazole rings is 1. The molecule has 0 amide bonds. The van der Waals surface area contributed by atoms with Crippen molar-refractivity contribution in [1.29, 1.82) is 0 Å². The Morgan fingerprint density at radius 2 is 1.96 bits per heavy atom. The Morgan fingerprint density at radius 1 is 1.26 bits per heavy atom. The summed E-state index contributed by atoms with van der Waals surface area (Å²) in [6.07, 6.45) is 1.85. The largest absolute Gasteiger partial charge is 0.370 e. The number of benzene rings is 1. The van der Waals surface area contributed by atoms with Gasteiger partial charge in [-0.05, 0) is 24.1 Å². The van der Waals surface area contributed by atoms with E-state index in [1.807, 2.05) is 12.1 Å². The van der Waals surface area contributed by atoms with Crippen molar-refractivity contribution >= 4 is 23.0 Å². The van der Waals surface area contributed by atoms with Crippen LogP contribution in [-0.2, 0) is 18.3 Å². The van der Waals surface area contributed by atoms with Crippen LogP contribution in [0.4, 0.5) is 5.69 Å². The van der Waals surface area contributed by atoms with Gasteiger partial charge in [-0.15, -0.1) is 11.3 Å². The minimum Gasteiger partial charge on any atom is -0.370 e. The average Bonchev–Trinajstić information content (AvgIpc) is 2.97. The highest BCUT2D eigenvalue weighted by Crippen LogP contribution is 2.24. The van der Waals surface area contributed by atoms with Crippen molar-refractivity contribution in [2.75, 3.05) is 11.9 Å². The fraction of sp³-hybridized carbons (Fsp3) is 0.444. The zero-order chi connectivity index (χ0) is 16.9. The maximum atomic E-state index is 5.94. The standard InChI is InChI=1S/C18H26N4S/c1-5-13-6-8-14(9-7-13)21-17(19)20-11-10-16-22-15(12-23-16)18(2,3)4/h6-9,12H,5,10-11H2,1-4H3,(H3,19,20,21). The van der Waals surface area contributed by atoms with Crippen LogP contribution in [0.1, 0.15) is 44.0 Å². The minimum absolute atomic E-state index is 0.100. The molecule has 0 saturated carbocycles. The zero-order valence-corrected chi connectivity index (χ0v) is 15.2. The molecule has 23 heavy (non-hydrogen) atoms.